The van der Waals surface area contributed by atoms with E-state index in [0.29, 0.717) is 6.42 Å². The van der Waals surface area contributed by atoms with Crippen LogP contribution >= 0.6 is 15.9 Å². The van der Waals surface area contributed by atoms with Gasteiger partial charge in [0.15, 0.2) is 0 Å². The molecule has 0 aromatic heterocycles. The van der Waals surface area contributed by atoms with E-state index >= 15 is 0 Å². The van der Waals surface area contributed by atoms with Crippen LogP contribution in [0.1, 0.15) is 23.6 Å². The summed E-state index contributed by atoms with van der Waals surface area (Å²) in [6, 6.07) is 14.0. The first-order valence-electron chi connectivity index (χ1n) is 6.72. The summed E-state index contributed by atoms with van der Waals surface area (Å²) in [5.41, 5.74) is 4.27. The molecule has 0 aliphatic heterocycles. The van der Waals surface area contributed by atoms with Crippen molar-refractivity contribution in [2.45, 2.75) is 26.7 Å². The minimum atomic E-state index is 0.0102. The Balaban J connectivity index is 1.99. The lowest BCUT2D eigenvalue weighted by molar-refractivity contribution is -0.115. The highest BCUT2D eigenvalue weighted by atomic mass is 79.9. The number of amides is 1. The van der Waals surface area contributed by atoms with Gasteiger partial charge in [0.05, 0.1) is 6.42 Å². The van der Waals surface area contributed by atoms with Gasteiger partial charge in [-0.05, 0) is 48.2 Å². The largest absolute Gasteiger partial charge is 0.326 e. The molecule has 0 fully saturated rings. The molecule has 20 heavy (non-hydrogen) atoms. The molecule has 2 aromatic rings. The number of hydrogen-bond acceptors (Lipinski definition) is 1. The third-order valence-electron chi connectivity index (χ3n) is 3.24. The zero-order valence-corrected chi connectivity index (χ0v) is 13.3. The van der Waals surface area contributed by atoms with Crippen molar-refractivity contribution in [2.24, 2.45) is 0 Å². The smallest absolute Gasteiger partial charge is 0.228 e. The van der Waals surface area contributed by atoms with Crippen molar-refractivity contribution in [1.82, 2.24) is 0 Å². The molecule has 0 aliphatic carbocycles. The van der Waals surface area contributed by atoms with Crippen LogP contribution in [0, 0.1) is 6.92 Å². The minimum absolute atomic E-state index is 0.0102. The second-order valence-corrected chi connectivity index (χ2v) is 5.71. The van der Waals surface area contributed by atoms with E-state index in [0.717, 1.165) is 27.7 Å². The molecule has 0 radical (unpaired) electrons. The van der Waals surface area contributed by atoms with Gasteiger partial charge in [-0.2, -0.15) is 0 Å². The van der Waals surface area contributed by atoms with Crippen molar-refractivity contribution in [3.63, 3.8) is 0 Å². The van der Waals surface area contributed by atoms with Gasteiger partial charge in [0.2, 0.25) is 5.91 Å². The molecule has 0 atom stereocenters. The SMILES string of the molecule is CCc1ccc(CC(=O)Nc2ccc(Br)c(C)c2)cc1. The molecule has 0 heterocycles. The highest BCUT2D eigenvalue weighted by Gasteiger charge is 2.05. The van der Waals surface area contributed by atoms with Gasteiger partial charge in [-0.1, -0.05) is 47.1 Å². The van der Waals surface area contributed by atoms with Crippen LogP contribution < -0.4 is 5.32 Å². The Morgan fingerprint density at radius 2 is 1.75 bits per heavy atom. The molecule has 104 valence electrons. The van der Waals surface area contributed by atoms with Crippen LogP contribution in [0.2, 0.25) is 0 Å². The first kappa shape index (κ1) is 14.8. The quantitative estimate of drug-likeness (QED) is 0.877. The van der Waals surface area contributed by atoms with Crippen molar-refractivity contribution in [3.8, 4) is 0 Å². The predicted octanol–water partition coefficient (Wildman–Crippen LogP) is 4.50. The summed E-state index contributed by atoms with van der Waals surface area (Å²) < 4.78 is 1.05. The standard InChI is InChI=1S/C17H18BrNO/c1-3-13-4-6-14(7-5-13)11-17(20)19-15-8-9-16(18)12(2)10-15/h4-10H,3,11H2,1-2H3,(H,19,20). The van der Waals surface area contributed by atoms with Gasteiger partial charge in [-0.25, -0.2) is 0 Å². The van der Waals surface area contributed by atoms with E-state index in [9.17, 15) is 4.79 Å². The third-order valence-corrected chi connectivity index (χ3v) is 4.13. The average molecular weight is 332 g/mol. The molecule has 1 N–H and O–H groups in total. The topological polar surface area (TPSA) is 29.1 Å². The summed E-state index contributed by atoms with van der Waals surface area (Å²) in [5, 5.41) is 2.93. The predicted molar refractivity (Wildman–Crippen MR) is 87.0 cm³/mol. The van der Waals surface area contributed by atoms with E-state index in [1.54, 1.807) is 0 Å². The molecule has 0 saturated heterocycles. The minimum Gasteiger partial charge on any atom is -0.326 e. The zero-order valence-electron chi connectivity index (χ0n) is 11.7. The summed E-state index contributed by atoms with van der Waals surface area (Å²) in [6.07, 6.45) is 1.42. The van der Waals surface area contributed by atoms with E-state index in [4.69, 9.17) is 0 Å². The van der Waals surface area contributed by atoms with Crippen LogP contribution in [-0.4, -0.2) is 5.91 Å². The summed E-state index contributed by atoms with van der Waals surface area (Å²) in [7, 11) is 0. The van der Waals surface area contributed by atoms with Gasteiger partial charge in [-0.3, -0.25) is 4.79 Å². The second kappa shape index (κ2) is 6.71. The van der Waals surface area contributed by atoms with Crippen molar-refractivity contribution < 1.29 is 4.79 Å². The van der Waals surface area contributed by atoms with Crippen LogP contribution in [-0.2, 0) is 17.6 Å². The van der Waals surface area contributed by atoms with Crippen LogP contribution in [0.5, 0.6) is 0 Å². The lowest BCUT2D eigenvalue weighted by atomic mass is 10.1. The number of nitrogens with one attached hydrogen (secondary N) is 1. The Morgan fingerprint density at radius 3 is 2.35 bits per heavy atom. The number of halogens is 1. The maximum absolute atomic E-state index is 12.0. The first-order valence-corrected chi connectivity index (χ1v) is 7.51. The van der Waals surface area contributed by atoms with E-state index in [1.165, 1.54) is 5.56 Å². The Bertz CT molecular complexity index is 605. The maximum Gasteiger partial charge on any atom is 0.228 e. The van der Waals surface area contributed by atoms with E-state index in [-0.39, 0.29) is 5.91 Å². The van der Waals surface area contributed by atoms with Crippen molar-refractivity contribution in [3.05, 3.63) is 63.6 Å². The summed E-state index contributed by atoms with van der Waals surface area (Å²) in [4.78, 5) is 12.0. The lowest BCUT2D eigenvalue weighted by Gasteiger charge is -2.07. The van der Waals surface area contributed by atoms with Gasteiger partial charge in [0.25, 0.3) is 0 Å². The Kier molecular flexibility index (Phi) is 4.96. The maximum atomic E-state index is 12.0. The van der Waals surface area contributed by atoms with Gasteiger partial charge >= 0.3 is 0 Å². The molecule has 0 spiro atoms. The normalized spacial score (nSPS) is 10.3. The molecule has 2 nitrogen and oxygen atoms in total. The molecule has 0 bridgehead atoms. The highest BCUT2D eigenvalue weighted by Crippen LogP contribution is 2.20. The third kappa shape index (κ3) is 3.94. The lowest BCUT2D eigenvalue weighted by Crippen LogP contribution is -2.14. The summed E-state index contributed by atoms with van der Waals surface area (Å²) >= 11 is 3.45. The zero-order chi connectivity index (χ0) is 14.5. The summed E-state index contributed by atoms with van der Waals surface area (Å²) in [5.74, 6) is 0.0102. The molecule has 3 heteroatoms. The number of hydrogen-bond donors (Lipinski definition) is 1. The fraction of sp³-hybridized carbons (Fsp3) is 0.235. The first-order chi connectivity index (χ1) is 9.58. The van der Waals surface area contributed by atoms with Gasteiger partial charge in [0.1, 0.15) is 0 Å². The van der Waals surface area contributed by atoms with E-state index in [1.807, 2.05) is 37.3 Å². The number of carbonyl (C=O) groups is 1. The Hall–Kier alpha value is -1.61. The van der Waals surface area contributed by atoms with E-state index < -0.39 is 0 Å². The number of carbonyl (C=O) groups excluding carboxylic acids is 1. The second-order valence-electron chi connectivity index (χ2n) is 4.86. The number of rotatable bonds is 4. The van der Waals surface area contributed by atoms with Crippen LogP contribution in [0.4, 0.5) is 5.69 Å². The van der Waals surface area contributed by atoms with Gasteiger partial charge in [0, 0.05) is 10.2 Å². The number of benzene rings is 2. The van der Waals surface area contributed by atoms with Crippen molar-refractivity contribution >= 4 is 27.5 Å². The molecule has 2 rings (SSSR count). The molecule has 0 unspecified atom stereocenters. The molecule has 0 saturated carbocycles. The van der Waals surface area contributed by atoms with E-state index in [2.05, 4.69) is 40.3 Å². The molecular formula is C17H18BrNO. The number of aryl methyl sites for hydroxylation is 2. The van der Waals surface area contributed by atoms with Gasteiger partial charge in [-0.15, -0.1) is 0 Å². The Morgan fingerprint density at radius 1 is 1.10 bits per heavy atom. The fourth-order valence-corrected chi connectivity index (χ4v) is 2.25. The monoisotopic (exact) mass is 331 g/mol. The molecule has 0 aliphatic rings. The van der Waals surface area contributed by atoms with Gasteiger partial charge < -0.3 is 5.32 Å². The van der Waals surface area contributed by atoms with Crippen LogP contribution in [0.15, 0.2) is 46.9 Å². The summed E-state index contributed by atoms with van der Waals surface area (Å²) in [6.45, 7) is 4.13. The van der Waals surface area contributed by atoms with Crippen molar-refractivity contribution in [1.29, 1.82) is 0 Å². The van der Waals surface area contributed by atoms with Crippen molar-refractivity contribution in [2.75, 3.05) is 5.32 Å². The number of anilines is 1. The van der Waals surface area contributed by atoms with Crippen LogP contribution in [0.25, 0.3) is 0 Å². The molecular weight excluding hydrogens is 314 g/mol. The molecule has 1 amide bonds. The average Bonchev–Trinajstić information content (AvgIpc) is 2.44. The fourth-order valence-electron chi connectivity index (χ4n) is 2.01. The Labute approximate surface area is 128 Å². The van der Waals surface area contributed by atoms with Crippen LogP contribution in [0.3, 0.4) is 0 Å². The highest BCUT2D eigenvalue weighted by molar-refractivity contribution is 9.10. The molecule has 2 aromatic carbocycles.